The molecule has 0 aliphatic carbocycles. The number of benzene rings is 2. The maximum Gasteiger partial charge on any atom is 0.309 e. The number of rotatable bonds is 16. The zero-order chi connectivity index (χ0) is 31.8. The highest BCUT2D eigenvalue weighted by atomic mass is 32.2. The van der Waals surface area contributed by atoms with E-state index in [9.17, 15) is 17.8 Å². The number of hydrogen-bond acceptors (Lipinski definition) is 8. The lowest BCUT2D eigenvalue weighted by molar-refractivity contribution is -0.147. The van der Waals surface area contributed by atoms with Crippen LogP contribution < -0.4 is 0 Å². The third kappa shape index (κ3) is 15.7. The van der Waals surface area contributed by atoms with Crippen LogP contribution in [0.3, 0.4) is 0 Å². The Morgan fingerprint density at radius 1 is 0.952 bits per heavy atom. The van der Waals surface area contributed by atoms with E-state index in [2.05, 4.69) is 24.3 Å². The van der Waals surface area contributed by atoms with E-state index in [0.717, 1.165) is 24.2 Å². The van der Waals surface area contributed by atoms with Crippen molar-refractivity contribution in [2.24, 2.45) is 11.3 Å². The molecule has 0 saturated heterocycles. The molecule has 0 saturated carbocycles. The van der Waals surface area contributed by atoms with E-state index < -0.39 is 17.3 Å². The second-order valence-electron chi connectivity index (χ2n) is 11.6. The summed E-state index contributed by atoms with van der Waals surface area (Å²) in [6.45, 7) is 13.6. The molecule has 2 aromatic rings. The van der Waals surface area contributed by atoms with Gasteiger partial charge in [0, 0.05) is 11.0 Å². The van der Waals surface area contributed by atoms with E-state index in [1.54, 1.807) is 25.6 Å². The van der Waals surface area contributed by atoms with Crippen molar-refractivity contribution in [3.05, 3.63) is 71.3 Å². The molecule has 0 spiro atoms. The molecule has 10 heteroatoms. The third-order valence-electron chi connectivity index (χ3n) is 6.66. The second kappa shape index (κ2) is 18.9. The van der Waals surface area contributed by atoms with Crippen molar-refractivity contribution in [2.45, 2.75) is 78.9 Å². The number of esters is 1. The highest BCUT2D eigenvalue weighted by Gasteiger charge is 2.28. The number of carbonyl (C=O) groups excluding carboxylic acids is 1. The van der Waals surface area contributed by atoms with Gasteiger partial charge in [0.1, 0.15) is 12.6 Å². The summed E-state index contributed by atoms with van der Waals surface area (Å²) in [6.07, 6.45) is 2.69. The SMILES string of the molecule is CCOC(=O)[C@@H](C)[C@H](CCc1ccccc1)SCc1ccc(CO)cc1.CCP(=O)(CC)CS(=O)(=O)OCC(C)(C)C. The Labute approximate surface area is 258 Å². The molecule has 42 heavy (non-hydrogen) atoms. The van der Waals surface area contributed by atoms with Crippen LogP contribution in [0.5, 0.6) is 0 Å². The molecule has 0 radical (unpaired) electrons. The quantitative estimate of drug-likeness (QED) is 0.115. The number of aryl methyl sites for hydroxylation is 1. The molecule has 2 rings (SSSR count). The number of aliphatic hydroxyl groups is 1. The van der Waals surface area contributed by atoms with E-state index in [0.29, 0.717) is 18.9 Å². The molecular weight excluding hydrogens is 591 g/mol. The van der Waals surface area contributed by atoms with Gasteiger partial charge in [0.2, 0.25) is 0 Å². The van der Waals surface area contributed by atoms with E-state index >= 15 is 0 Å². The molecule has 0 aliphatic rings. The van der Waals surface area contributed by atoms with Gasteiger partial charge >= 0.3 is 5.97 Å². The number of aliphatic hydroxyl groups excluding tert-OH is 1. The van der Waals surface area contributed by atoms with Crippen LogP contribution in [-0.2, 0) is 47.2 Å². The summed E-state index contributed by atoms with van der Waals surface area (Å²) >= 11 is 1.81. The highest BCUT2D eigenvalue weighted by Crippen LogP contribution is 2.46. The summed E-state index contributed by atoms with van der Waals surface area (Å²) in [5, 5.41) is 9.35. The van der Waals surface area contributed by atoms with E-state index in [1.165, 1.54) is 11.1 Å². The number of hydrogen-bond donors (Lipinski definition) is 1. The fourth-order valence-corrected chi connectivity index (χ4v) is 10.1. The predicted molar refractivity (Wildman–Crippen MR) is 176 cm³/mol. The minimum atomic E-state index is -3.66. The maximum absolute atomic E-state index is 12.2. The van der Waals surface area contributed by atoms with E-state index in [1.807, 2.05) is 65.0 Å². The van der Waals surface area contributed by atoms with Gasteiger partial charge in [0.05, 0.1) is 25.7 Å². The van der Waals surface area contributed by atoms with Gasteiger partial charge in [-0.3, -0.25) is 8.98 Å². The normalized spacial score (nSPS) is 13.5. The van der Waals surface area contributed by atoms with Crippen LogP contribution in [0, 0.1) is 11.3 Å². The van der Waals surface area contributed by atoms with Crippen LogP contribution >= 0.6 is 18.9 Å². The van der Waals surface area contributed by atoms with Gasteiger partial charge in [-0.2, -0.15) is 20.2 Å². The average Bonchev–Trinajstić information content (AvgIpc) is 2.96. The molecule has 1 N–H and O–H groups in total. The summed E-state index contributed by atoms with van der Waals surface area (Å²) in [6, 6.07) is 18.4. The molecule has 0 bridgehead atoms. The zero-order valence-corrected chi connectivity index (χ0v) is 28.9. The fourth-order valence-electron chi connectivity index (χ4n) is 3.80. The molecule has 0 amide bonds. The molecule has 2 atom stereocenters. The Morgan fingerprint density at radius 2 is 1.52 bits per heavy atom. The highest BCUT2D eigenvalue weighted by molar-refractivity contribution is 7.99. The van der Waals surface area contributed by atoms with Crippen LogP contribution in [0.15, 0.2) is 54.6 Å². The smallest absolute Gasteiger partial charge is 0.309 e. The van der Waals surface area contributed by atoms with Crippen LogP contribution in [0.25, 0.3) is 0 Å². The molecule has 0 heterocycles. The Morgan fingerprint density at radius 3 is 2.02 bits per heavy atom. The lowest BCUT2D eigenvalue weighted by Crippen LogP contribution is -2.26. The van der Waals surface area contributed by atoms with Crippen molar-refractivity contribution < 1.29 is 31.8 Å². The van der Waals surface area contributed by atoms with Gasteiger partial charge in [-0.05, 0) is 54.2 Å². The third-order valence-corrected chi connectivity index (χ3v) is 14.2. The average molecular weight is 643 g/mol. The topological polar surface area (TPSA) is 107 Å². The van der Waals surface area contributed by atoms with Gasteiger partial charge in [-0.25, -0.2) is 0 Å². The minimum absolute atomic E-state index is 0.0625. The maximum atomic E-state index is 12.2. The van der Waals surface area contributed by atoms with Gasteiger partial charge < -0.3 is 14.4 Å². The zero-order valence-electron chi connectivity index (χ0n) is 26.4. The fraction of sp³-hybridized carbons (Fsp3) is 0.594. The predicted octanol–water partition coefficient (Wildman–Crippen LogP) is 7.35. The first-order chi connectivity index (χ1) is 19.7. The molecule has 238 valence electrons. The summed E-state index contributed by atoms with van der Waals surface area (Å²) in [5.74, 6) is 0.587. The molecular formula is C32H51O7PS2. The molecule has 2 aromatic carbocycles. The molecule has 0 aromatic heterocycles. The van der Waals surface area contributed by atoms with Crippen LogP contribution in [0.2, 0.25) is 0 Å². The van der Waals surface area contributed by atoms with Gasteiger partial charge in [-0.1, -0.05) is 96.1 Å². The number of thioether (sulfide) groups is 1. The molecule has 0 fully saturated rings. The Kier molecular flexibility index (Phi) is 17.3. The lowest BCUT2D eigenvalue weighted by Gasteiger charge is -2.22. The first kappa shape index (κ1) is 38.4. The van der Waals surface area contributed by atoms with Gasteiger partial charge in [-0.15, -0.1) is 0 Å². The van der Waals surface area contributed by atoms with Crippen molar-refractivity contribution in [3.63, 3.8) is 0 Å². The standard InChI is InChI=1S/C22H28O3S.C10H23O4PS/c1-3-25-22(24)17(2)21(14-13-18-7-5-4-6-8-18)26-16-20-11-9-19(15-23)10-12-20;1-6-15(11,7-2)9-16(12,13)14-8-10(3,4)5/h4-12,17,21,23H,3,13-16H2,1-2H3;6-9H2,1-5H3/t17-,21-;/m0./s1. The first-order valence-electron chi connectivity index (χ1n) is 14.6. The van der Waals surface area contributed by atoms with Gasteiger partial charge in [0.25, 0.3) is 10.1 Å². The summed E-state index contributed by atoms with van der Waals surface area (Å²) in [4.78, 5) is 12.2. The summed E-state index contributed by atoms with van der Waals surface area (Å²) in [5.41, 5.74) is 2.87. The lowest BCUT2D eigenvalue weighted by atomic mass is 9.99. The largest absolute Gasteiger partial charge is 0.466 e. The monoisotopic (exact) mass is 642 g/mol. The van der Waals surface area contributed by atoms with Crippen molar-refractivity contribution >= 4 is 35.0 Å². The first-order valence-corrected chi connectivity index (χ1v) is 19.5. The van der Waals surface area contributed by atoms with Gasteiger partial charge in [0.15, 0.2) is 0 Å². The van der Waals surface area contributed by atoms with Crippen molar-refractivity contribution in [1.29, 1.82) is 0 Å². The Balaban J connectivity index is 0.000000476. The van der Waals surface area contributed by atoms with Crippen molar-refractivity contribution in [3.8, 4) is 0 Å². The van der Waals surface area contributed by atoms with Crippen molar-refractivity contribution in [1.82, 2.24) is 0 Å². The minimum Gasteiger partial charge on any atom is -0.466 e. The summed E-state index contributed by atoms with van der Waals surface area (Å²) in [7, 11) is -6.26. The molecule has 0 unspecified atom stereocenters. The van der Waals surface area contributed by atoms with Crippen LogP contribution in [0.4, 0.5) is 0 Å². The number of carbonyl (C=O) groups is 1. The Bertz CT molecular complexity index is 1190. The summed E-state index contributed by atoms with van der Waals surface area (Å²) < 4.78 is 45.4. The molecule has 0 aliphatic heterocycles. The second-order valence-corrected chi connectivity index (χ2v) is 18.6. The van der Waals surface area contributed by atoms with Crippen LogP contribution in [-0.4, -0.2) is 55.8 Å². The van der Waals surface area contributed by atoms with E-state index in [-0.39, 0.29) is 41.3 Å². The van der Waals surface area contributed by atoms with Crippen molar-refractivity contribution in [2.75, 3.05) is 31.0 Å². The van der Waals surface area contributed by atoms with E-state index in [4.69, 9.17) is 14.0 Å². The molecule has 7 nitrogen and oxygen atoms in total. The van der Waals surface area contributed by atoms with Crippen LogP contribution in [0.1, 0.15) is 71.6 Å². The number of ether oxygens (including phenoxy) is 1. The Hall–Kier alpha value is -1.64.